The number of hydrogen-bond acceptors (Lipinski definition) is 3. The van der Waals surface area contributed by atoms with Gasteiger partial charge in [0.25, 0.3) is 5.91 Å². The van der Waals surface area contributed by atoms with Crippen LogP contribution in [-0.4, -0.2) is 23.1 Å². The number of fused-ring (bicyclic) bond motifs is 1. The first kappa shape index (κ1) is 14.9. The topological polar surface area (TPSA) is 52.6 Å². The van der Waals surface area contributed by atoms with E-state index in [4.69, 9.17) is 11.6 Å². The summed E-state index contributed by atoms with van der Waals surface area (Å²) in [5.74, 6) is -0.417. The van der Waals surface area contributed by atoms with E-state index in [1.54, 1.807) is 12.1 Å². The van der Waals surface area contributed by atoms with Crippen LogP contribution in [0, 0.1) is 0 Å². The third-order valence-corrected chi connectivity index (χ3v) is 3.63. The van der Waals surface area contributed by atoms with Gasteiger partial charge in [0.15, 0.2) is 6.10 Å². The maximum Gasteiger partial charge on any atom is 0.257 e. The molecule has 0 aliphatic carbocycles. The highest BCUT2D eigenvalue weighted by atomic mass is 35.5. The highest BCUT2D eigenvalue weighted by Crippen LogP contribution is 2.40. The van der Waals surface area contributed by atoms with Crippen LogP contribution in [-0.2, 0) is 4.79 Å². The number of carbonyl (C=O) groups excluding carboxylic acids is 1. The molecule has 1 aromatic carbocycles. The number of halogens is 1. The summed E-state index contributed by atoms with van der Waals surface area (Å²) >= 11 is 6.33. The summed E-state index contributed by atoms with van der Waals surface area (Å²) in [7, 11) is 0. The van der Waals surface area contributed by atoms with Crippen LogP contribution in [0.3, 0.4) is 0 Å². The lowest BCUT2D eigenvalue weighted by Gasteiger charge is -2.37. The minimum Gasteiger partial charge on any atom is -0.378 e. The lowest BCUT2D eigenvalue weighted by atomic mass is 10.0. The molecule has 2 N–H and O–H groups in total. The predicted molar refractivity (Wildman–Crippen MR) is 82.3 cm³/mol. The SMILES string of the molecule is C=CCN(c1cc2c(cc1Cl)C(O)C(=O)N2)C(C)(C)C. The highest BCUT2D eigenvalue weighted by molar-refractivity contribution is 6.33. The Labute approximate surface area is 124 Å². The highest BCUT2D eigenvalue weighted by Gasteiger charge is 2.31. The van der Waals surface area contributed by atoms with Gasteiger partial charge in [0, 0.05) is 23.3 Å². The van der Waals surface area contributed by atoms with Crippen LogP contribution in [0.2, 0.25) is 5.02 Å². The molecule has 1 amide bonds. The first-order valence-electron chi connectivity index (χ1n) is 6.46. The number of rotatable bonds is 3. The van der Waals surface area contributed by atoms with E-state index in [0.717, 1.165) is 5.69 Å². The largest absolute Gasteiger partial charge is 0.378 e. The van der Waals surface area contributed by atoms with Crippen LogP contribution in [0.25, 0.3) is 0 Å². The molecular weight excluding hydrogens is 276 g/mol. The normalized spacial score (nSPS) is 17.6. The zero-order valence-electron chi connectivity index (χ0n) is 11.9. The number of carbonyl (C=O) groups is 1. The number of amides is 1. The summed E-state index contributed by atoms with van der Waals surface area (Å²) < 4.78 is 0. The molecule has 0 radical (unpaired) electrons. The van der Waals surface area contributed by atoms with E-state index >= 15 is 0 Å². The molecule has 20 heavy (non-hydrogen) atoms. The van der Waals surface area contributed by atoms with Crippen molar-refractivity contribution in [1.29, 1.82) is 0 Å². The molecule has 1 aliphatic heterocycles. The van der Waals surface area contributed by atoms with Crippen molar-refractivity contribution in [3.63, 3.8) is 0 Å². The minimum absolute atomic E-state index is 0.146. The third kappa shape index (κ3) is 2.53. The van der Waals surface area contributed by atoms with Crippen LogP contribution in [0.5, 0.6) is 0 Å². The van der Waals surface area contributed by atoms with Gasteiger partial charge < -0.3 is 15.3 Å². The Hall–Kier alpha value is -1.52. The van der Waals surface area contributed by atoms with Crippen molar-refractivity contribution in [2.75, 3.05) is 16.8 Å². The van der Waals surface area contributed by atoms with E-state index < -0.39 is 12.0 Å². The minimum atomic E-state index is -1.14. The summed E-state index contributed by atoms with van der Waals surface area (Å²) in [5, 5.41) is 12.9. The molecule has 0 bridgehead atoms. The van der Waals surface area contributed by atoms with Gasteiger partial charge in [-0.05, 0) is 32.9 Å². The molecule has 1 unspecified atom stereocenters. The molecule has 2 rings (SSSR count). The lowest BCUT2D eigenvalue weighted by molar-refractivity contribution is -0.123. The molecule has 108 valence electrons. The molecule has 0 fully saturated rings. The average Bonchev–Trinajstić information content (AvgIpc) is 2.61. The number of nitrogens with zero attached hydrogens (tertiary/aromatic N) is 1. The number of hydrogen-bond donors (Lipinski definition) is 2. The van der Waals surface area contributed by atoms with Crippen molar-refractivity contribution in [2.24, 2.45) is 0 Å². The standard InChI is InChI=1S/C15H19ClN2O2/c1-5-6-18(15(2,3)4)12-8-11-9(7-10(12)16)13(19)14(20)17-11/h5,7-8,13,19H,1,6H2,2-4H3,(H,17,20). The fraction of sp³-hybridized carbons (Fsp3) is 0.400. The van der Waals surface area contributed by atoms with E-state index in [9.17, 15) is 9.90 Å². The molecule has 0 saturated heterocycles. The van der Waals surface area contributed by atoms with Gasteiger partial charge in [-0.25, -0.2) is 0 Å². The summed E-state index contributed by atoms with van der Waals surface area (Å²) in [6.07, 6.45) is 0.668. The van der Waals surface area contributed by atoms with Crippen molar-refractivity contribution in [1.82, 2.24) is 0 Å². The fourth-order valence-corrected chi connectivity index (χ4v) is 2.60. The van der Waals surface area contributed by atoms with Gasteiger partial charge in [-0.1, -0.05) is 17.7 Å². The number of benzene rings is 1. The van der Waals surface area contributed by atoms with Gasteiger partial charge >= 0.3 is 0 Å². The van der Waals surface area contributed by atoms with Crippen LogP contribution >= 0.6 is 11.6 Å². The molecule has 0 saturated carbocycles. The van der Waals surface area contributed by atoms with Gasteiger partial charge in [0.2, 0.25) is 0 Å². The van der Waals surface area contributed by atoms with Crippen molar-refractivity contribution in [2.45, 2.75) is 32.4 Å². The van der Waals surface area contributed by atoms with E-state index in [0.29, 0.717) is 22.8 Å². The predicted octanol–water partition coefficient (Wildman–Crippen LogP) is 3.12. The summed E-state index contributed by atoms with van der Waals surface area (Å²) in [4.78, 5) is 13.6. The Morgan fingerprint density at radius 3 is 2.70 bits per heavy atom. The number of aliphatic hydroxyl groups excluding tert-OH is 1. The summed E-state index contributed by atoms with van der Waals surface area (Å²) in [6, 6.07) is 3.46. The Balaban J connectivity index is 2.51. The van der Waals surface area contributed by atoms with Crippen molar-refractivity contribution in [3.8, 4) is 0 Å². The second kappa shape index (κ2) is 5.11. The average molecular weight is 295 g/mol. The van der Waals surface area contributed by atoms with Gasteiger partial charge in [0.05, 0.1) is 10.7 Å². The monoisotopic (exact) mass is 294 g/mol. The molecule has 1 aromatic rings. The fourth-order valence-electron chi connectivity index (χ4n) is 2.32. The van der Waals surface area contributed by atoms with Crippen LogP contribution in [0.4, 0.5) is 11.4 Å². The van der Waals surface area contributed by atoms with Gasteiger partial charge in [-0.15, -0.1) is 6.58 Å². The number of nitrogens with one attached hydrogen (secondary N) is 1. The first-order valence-corrected chi connectivity index (χ1v) is 6.84. The van der Waals surface area contributed by atoms with Crippen LogP contribution in [0.15, 0.2) is 24.8 Å². The quantitative estimate of drug-likeness (QED) is 0.842. The molecule has 0 spiro atoms. The molecule has 0 aromatic heterocycles. The Morgan fingerprint density at radius 1 is 1.50 bits per heavy atom. The Kier molecular flexibility index (Phi) is 3.80. The van der Waals surface area contributed by atoms with E-state index in [1.165, 1.54) is 0 Å². The van der Waals surface area contributed by atoms with Crippen LogP contribution < -0.4 is 10.2 Å². The maximum atomic E-state index is 11.5. The third-order valence-electron chi connectivity index (χ3n) is 3.33. The Morgan fingerprint density at radius 2 is 2.15 bits per heavy atom. The van der Waals surface area contributed by atoms with E-state index in [2.05, 4.69) is 37.6 Å². The van der Waals surface area contributed by atoms with E-state index in [1.807, 2.05) is 6.08 Å². The van der Waals surface area contributed by atoms with E-state index in [-0.39, 0.29) is 5.54 Å². The second-order valence-corrected chi connectivity index (χ2v) is 6.26. The molecule has 1 atom stereocenters. The number of anilines is 2. The summed E-state index contributed by atoms with van der Waals surface area (Å²) in [5.41, 5.74) is 1.80. The first-order chi connectivity index (χ1) is 9.25. The van der Waals surface area contributed by atoms with Gasteiger partial charge in [0.1, 0.15) is 0 Å². The Bertz CT molecular complexity index is 564. The molecule has 1 heterocycles. The zero-order chi connectivity index (χ0) is 15.1. The molecule has 4 nitrogen and oxygen atoms in total. The lowest BCUT2D eigenvalue weighted by Crippen LogP contribution is -2.41. The van der Waals surface area contributed by atoms with Crippen molar-refractivity contribution >= 4 is 28.9 Å². The molecule has 5 heteroatoms. The zero-order valence-corrected chi connectivity index (χ0v) is 12.7. The van der Waals surface area contributed by atoms with Gasteiger partial charge in [-0.2, -0.15) is 0 Å². The second-order valence-electron chi connectivity index (χ2n) is 5.85. The molecule has 1 aliphatic rings. The van der Waals surface area contributed by atoms with Crippen molar-refractivity contribution < 1.29 is 9.90 Å². The van der Waals surface area contributed by atoms with Crippen LogP contribution in [0.1, 0.15) is 32.4 Å². The van der Waals surface area contributed by atoms with Gasteiger partial charge in [-0.3, -0.25) is 4.79 Å². The smallest absolute Gasteiger partial charge is 0.257 e. The van der Waals surface area contributed by atoms with Crippen molar-refractivity contribution in [3.05, 3.63) is 35.4 Å². The number of aliphatic hydroxyl groups is 1. The maximum absolute atomic E-state index is 11.5. The summed E-state index contributed by atoms with van der Waals surface area (Å²) in [6.45, 7) is 10.6. The molecular formula is C15H19ClN2O2.